The number of rotatable bonds is 5. The zero-order valence-electron chi connectivity index (χ0n) is 11.5. The zero-order valence-corrected chi connectivity index (χ0v) is 12.3. The minimum atomic E-state index is -3.45. The summed E-state index contributed by atoms with van der Waals surface area (Å²) in [5.41, 5.74) is 1.10. The molecule has 3 N–H and O–H groups in total. The molecule has 19 heavy (non-hydrogen) atoms. The molecule has 6 nitrogen and oxygen atoms in total. The van der Waals surface area contributed by atoms with E-state index < -0.39 is 10.0 Å². The van der Waals surface area contributed by atoms with Gasteiger partial charge in [0.25, 0.3) is 0 Å². The van der Waals surface area contributed by atoms with Gasteiger partial charge in [0.2, 0.25) is 10.0 Å². The molecular formula is C12H22N4O2S. The number of hydrogen-bond donors (Lipinski definition) is 3. The van der Waals surface area contributed by atoms with Gasteiger partial charge in [0, 0.05) is 12.6 Å². The average Bonchev–Trinajstić information content (AvgIpc) is 2.70. The maximum Gasteiger partial charge on any atom is 0.244 e. The smallest absolute Gasteiger partial charge is 0.244 e. The molecule has 1 saturated heterocycles. The molecule has 108 valence electrons. The molecule has 0 spiro atoms. The monoisotopic (exact) mass is 286 g/mol. The minimum Gasteiger partial charge on any atom is -0.314 e. The van der Waals surface area contributed by atoms with E-state index in [0.29, 0.717) is 24.0 Å². The van der Waals surface area contributed by atoms with Crippen LogP contribution in [0.15, 0.2) is 4.90 Å². The predicted molar refractivity (Wildman–Crippen MR) is 73.5 cm³/mol. The number of nitrogens with zero attached hydrogens (tertiary/aromatic N) is 1. The molecule has 0 aliphatic carbocycles. The molecular weight excluding hydrogens is 264 g/mol. The Balaban J connectivity index is 1.91. The predicted octanol–water partition coefficient (Wildman–Crippen LogP) is 0.837. The van der Waals surface area contributed by atoms with E-state index >= 15 is 0 Å². The standard InChI is InChI=1S/C12H22N4O2S/c1-9-12(10(2)16-15-9)19(17,18)14-8-6-11-5-3-4-7-13-11/h11,13-14H,3-8H2,1-2H3,(H,15,16). The molecule has 0 radical (unpaired) electrons. The molecule has 1 atom stereocenters. The van der Waals surface area contributed by atoms with Gasteiger partial charge in [-0.3, -0.25) is 5.10 Å². The van der Waals surface area contributed by atoms with Gasteiger partial charge < -0.3 is 5.32 Å². The number of hydrogen-bond acceptors (Lipinski definition) is 4. The summed E-state index contributed by atoms with van der Waals surface area (Å²) in [5, 5.41) is 10.0. The lowest BCUT2D eigenvalue weighted by molar-refractivity contribution is 0.382. The highest BCUT2D eigenvalue weighted by Crippen LogP contribution is 2.16. The maximum atomic E-state index is 12.2. The highest BCUT2D eigenvalue weighted by Gasteiger charge is 2.22. The lowest BCUT2D eigenvalue weighted by atomic mass is 10.0. The minimum absolute atomic E-state index is 0.282. The van der Waals surface area contributed by atoms with Crippen LogP contribution < -0.4 is 10.0 Å². The van der Waals surface area contributed by atoms with Crippen LogP contribution in [-0.2, 0) is 10.0 Å². The van der Waals surface area contributed by atoms with E-state index in [1.807, 2.05) is 0 Å². The van der Waals surface area contributed by atoms with Gasteiger partial charge in [-0.15, -0.1) is 0 Å². The number of piperidine rings is 1. The fourth-order valence-corrected chi connectivity index (χ4v) is 3.96. The molecule has 0 saturated carbocycles. The van der Waals surface area contributed by atoms with Crippen molar-refractivity contribution in [3.63, 3.8) is 0 Å². The van der Waals surface area contributed by atoms with Crippen LogP contribution in [0.25, 0.3) is 0 Å². The van der Waals surface area contributed by atoms with Crippen LogP contribution in [0, 0.1) is 13.8 Å². The van der Waals surface area contributed by atoms with Gasteiger partial charge in [0.1, 0.15) is 4.90 Å². The Bertz CT molecular complexity index is 498. The molecule has 1 aliphatic heterocycles. The third kappa shape index (κ3) is 3.55. The van der Waals surface area contributed by atoms with E-state index in [-0.39, 0.29) is 4.90 Å². The van der Waals surface area contributed by atoms with Gasteiger partial charge in [0.05, 0.1) is 11.4 Å². The van der Waals surface area contributed by atoms with Crippen LogP contribution in [0.2, 0.25) is 0 Å². The molecule has 1 aromatic rings. The summed E-state index contributed by atoms with van der Waals surface area (Å²) in [4.78, 5) is 0.282. The molecule has 2 rings (SSSR count). The first-order chi connectivity index (χ1) is 9.00. The molecule has 1 fully saturated rings. The lowest BCUT2D eigenvalue weighted by Crippen LogP contribution is -2.37. The SMILES string of the molecule is Cc1n[nH]c(C)c1S(=O)(=O)NCCC1CCCCN1. The van der Waals surface area contributed by atoms with Crippen LogP contribution in [0.4, 0.5) is 0 Å². The zero-order chi connectivity index (χ0) is 13.9. The Labute approximate surface area is 114 Å². The largest absolute Gasteiger partial charge is 0.314 e. The third-order valence-corrected chi connectivity index (χ3v) is 5.25. The van der Waals surface area contributed by atoms with Crippen molar-refractivity contribution in [1.82, 2.24) is 20.2 Å². The van der Waals surface area contributed by atoms with Crippen molar-refractivity contribution in [2.24, 2.45) is 0 Å². The fraction of sp³-hybridized carbons (Fsp3) is 0.750. The molecule has 7 heteroatoms. The second-order valence-electron chi connectivity index (χ2n) is 5.10. The average molecular weight is 286 g/mol. The number of aromatic amines is 1. The number of H-pyrrole nitrogens is 1. The first-order valence-corrected chi connectivity index (χ1v) is 8.23. The van der Waals surface area contributed by atoms with Crippen molar-refractivity contribution < 1.29 is 8.42 Å². The van der Waals surface area contributed by atoms with Gasteiger partial charge in [-0.25, -0.2) is 13.1 Å². The number of sulfonamides is 1. The summed E-state index contributed by atoms with van der Waals surface area (Å²) in [5.74, 6) is 0. The Morgan fingerprint density at radius 2 is 2.16 bits per heavy atom. The third-order valence-electron chi connectivity index (χ3n) is 3.53. The van der Waals surface area contributed by atoms with E-state index in [1.54, 1.807) is 13.8 Å². The van der Waals surface area contributed by atoms with Gasteiger partial charge in [0.15, 0.2) is 0 Å². The van der Waals surface area contributed by atoms with Crippen LogP contribution in [0.5, 0.6) is 0 Å². The van der Waals surface area contributed by atoms with Crippen molar-refractivity contribution in [3.8, 4) is 0 Å². The summed E-state index contributed by atoms with van der Waals surface area (Å²) >= 11 is 0. The van der Waals surface area contributed by atoms with Crippen molar-refractivity contribution in [1.29, 1.82) is 0 Å². The van der Waals surface area contributed by atoms with E-state index in [9.17, 15) is 8.42 Å². The van der Waals surface area contributed by atoms with Gasteiger partial charge in [-0.05, 0) is 39.7 Å². The van der Waals surface area contributed by atoms with Gasteiger partial charge in [-0.1, -0.05) is 6.42 Å². The normalized spacial score (nSPS) is 20.6. The second-order valence-corrected chi connectivity index (χ2v) is 6.80. The number of aromatic nitrogens is 2. The van der Waals surface area contributed by atoms with E-state index in [2.05, 4.69) is 20.2 Å². The Kier molecular flexibility index (Phi) is 4.59. The Morgan fingerprint density at radius 3 is 2.74 bits per heavy atom. The highest BCUT2D eigenvalue weighted by atomic mass is 32.2. The van der Waals surface area contributed by atoms with Gasteiger partial charge >= 0.3 is 0 Å². The van der Waals surface area contributed by atoms with E-state index in [4.69, 9.17) is 0 Å². The van der Waals surface area contributed by atoms with Crippen LogP contribution in [0.3, 0.4) is 0 Å². The second kappa shape index (κ2) is 6.02. The lowest BCUT2D eigenvalue weighted by Gasteiger charge is -2.23. The Morgan fingerprint density at radius 1 is 1.37 bits per heavy atom. The summed E-state index contributed by atoms with van der Waals surface area (Å²) < 4.78 is 27.0. The fourth-order valence-electron chi connectivity index (χ4n) is 2.55. The molecule has 1 aliphatic rings. The molecule has 0 bridgehead atoms. The summed E-state index contributed by atoms with van der Waals surface area (Å²) in [7, 11) is -3.45. The maximum absolute atomic E-state index is 12.2. The summed E-state index contributed by atoms with van der Waals surface area (Å²) in [6.45, 7) is 4.92. The van der Waals surface area contributed by atoms with E-state index in [1.165, 1.54) is 12.8 Å². The topological polar surface area (TPSA) is 86.9 Å². The van der Waals surface area contributed by atoms with Crippen molar-refractivity contribution in [3.05, 3.63) is 11.4 Å². The van der Waals surface area contributed by atoms with Crippen LogP contribution in [-0.4, -0.2) is 37.7 Å². The number of aryl methyl sites for hydroxylation is 2. The summed E-state index contributed by atoms with van der Waals surface area (Å²) in [6, 6.07) is 0.433. The first kappa shape index (κ1) is 14.5. The van der Waals surface area contributed by atoms with Crippen LogP contribution in [0.1, 0.15) is 37.1 Å². The van der Waals surface area contributed by atoms with Crippen molar-refractivity contribution in [2.45, 2.75) is 50.5 Å². The van der Waals surface area contributed by atoms with Crippen molar-refractivity contribution in [2.75, 3.05) is 13.1 Å². The molecule has 0 amide bonds. The summed E-state index contributed by atoms with van der Waals surface area (Å²) in [6.07, 6.45) is 4.40. The highest BCUT2D eigenvalue weighted by molar-refractivity contribution is 7.89. The Hall–Kier alpha value is -0.920. The molecule has 1 aromatic heterocycles. The molecule has 2 heterocycles. The van der Waals surface area contributed by atoms with E-state index in [0.717, 1.165) is 19.4 Å². The molecule has 1 unspecified atom stereocenters. The number of nitrogens with one attached hydrogen (secondary N) is 3. The quantitative estimate of drug-likeness (QED) is 0.748. The molecule has 0 aromatic carbocycles. The van der Waals surface area contributed by atoms with Crippen molar-refractivity contribution >= 4 is 10.0 Å². The first-order valence-electron chi connectivity index (χ1n) is 6.75. The van der Waals surface area contributed by atoms with Crippen LogP contribution >= 0.6 is 0 Å². The van der Waals surface area contributed by atoms with Gasteiger partial charge in [-0.2, -0.15) is 5.10 Å².